The number of benzene rings is 1. The van der Waals surface area contributed by atoms with Crippen LogP contribution in [-0.2, 0) is 0 Å². The predicted octanol–water partition coefficient (Wildman–Crippen LogP) is 1.75. The fourth-order valence-corrected chi connectivity index (χ4v) is 2.39. The fourth-order valence-electron chi connectivity index (χ4n) is 2.39. The maximum atomic E-state index is 13.1. The molecule has 0 radical (unpaired) electrons. The Morgan fingerprint density at radius 1 is 1.47 bits per heavy atom. The van der Waals surface area contributed by atoms with Crippen LogP contribution < -0.4 is 5.32 Å². The zero-order valence-electron chi connectivity index (χ0n) is 11.0. The number of nitrogens with one attached hydrogen (secondary N) is 1. The highest BCUT2D eigenvalue weighted by atomic mass is 19.1. The van der Waals surface area contributed by atoms with E-state index < -0.39 is 11.7 Å². The minimum atomic E-state index is -0.532. The highest BCUT2D eigenvalue weighted by Crippen LogP contribution is 2.17. The SMILES string of the molecule is CC(CN1CCCC1)NC(=O)c1cc(F)ccc1O. The van der Waals surface area contributed by atoms with Gasteiger partial charge in [-0.1, -0.05) is 0 Å². The maximum Gasteiger partial charge on any atom is 0.255 e. The molecule has 2 N–H and O–H groups in total. The van der Waals surface area contributed by atoms with Crippen molar-refractivity contribution in [3.63, 3.8) is 0 Å². The average molecular weight is 266 g/mol. The zero-order valence-corrected chi connectivity index (χ0v) is 11.0. The number of carbonyl (C=O) groups excluding carboxylic acids is 1. The standard InChI is InChI=1S/C14H19FN2O2/c1-10(9-17-6-2-3-7-17)16-14(19)12-8-11(15)4-5-13(12)18/h4-5,8,10,18H,2-3,6-7,9H2,1H3,(H,16,19). The van der Waals surface area contributed by atoms with E-state index in [-0.39, 0.29) is 17.4 Å². The van der Waals surface area contributed by atoms with Crippen LogP contribution in [0, 0.1) is 5.82 Å². The van der Waals surface area contributed by atoms with Gasteiger partial charge in [-0.3, -0.25) is 4.79 Å². The highest BCUT2D eigenvalue weighted by Gasteiger charge is 2.18. The smallest absolute Gasteiger partial charge is 0.255 e. The molecular formula is C14H19FN2O2. The molecule has 1 aliphatic heterocycles. The Bertz CT molecular complexity index is 459. The normalized spacial score (nSPS) is 17.4. The summed E-state index contributed by atoms with van der Waals surface area (Å²) in [5.74, 6) is -1.17. The summed E-state index contributed by atoms with van der Waals surface area (Å²) in [6.07, 6.45) is 2.40. The van der Waals surface area contributed by atoms with Gasteiger partial charge in [0.15, 0.2) is 0 Å². The van der Waals surface area contributed by atoms with Crippen LogP contribution in [0.3, 0.4) is 0 Å². The summed E-state index contributed by atoms with van der Waals surface area (Å²) in [6.45, 7) is 4.81. The molecule has 104 valence electrons. The molecule has 1 aliphatic rings. The van der Waals surface area contributed by atoms with E-state index >= 15 is 0 Å². The lowest BCUT2D eigenvalue weighted by atomic mass is 10.1. The first-order valence-corrected chi connectivity index (χ1v) is 6.58. The maximum absolute atomic E-state index is 13.1. The molecule has 19 heavy (non-hydrogen) atoms. The van der Waals surface area contributed by atoms with Crippen LogP contribution in [0.15, 0.2) is 18.2 Å². The summed E-state index contributed by atoms with van der Waals surface area (Å²) in [4.78, 5) is 14.2. The number of likely N-dealkylation sites (tertiary alicyclic amines) is 1. The van der Waals surface area contributed by atoms with Crippen LogP contribution in [0.2, 0.25) is 0 Å². The van der Waals surface area contributed by atoms with Crippen LogP contribution >= 0.6 is 0 Å². The topological polar surface area (TPSA) is 52.6 Å². The number of hydrogen-bond acceptors (Lipinski definition) is 3. The molecule has 1 aromatic carbocycles. The van der Waals surface area contributed by atoms with E-state index in [4.69, 9.17) is 0 Å². The van der Waals surface area contributed by atoms with Gasteiger partial charge in [0.1, 0.15) is 11.6 Å². The molecule has 0 aliphatic carbocycles. The molecule has 2 rings (SSSR count). The molecule has 5 heteroatoms. The zero-order chi connectivity index (χ0) is 13.8. The molecule has 1 fully saturated rings. The van der Waals surface area contributed by atoms with Crippen LogP contribution in [0.5, 0.6) is 5.75 Å². The summed E-state index contributed by atoms with van der Waals surface area (Å²) in [6, 6.07) is 3.33. The summed E-state index contributed by atoms with van der Waals surface area (Å²) in [5, 5.41) is 12.3. The van der Waals surface area contributed by atoms with Gasteiger partial charge in [0, 0.05) is 12.6 Å². The predicted molar refractivity (Wildman–Crippen MR) is 70.7 cm³/mol. The lowest BCUT2D eigenvalue weighted by molar-refractivity contribution is 0.0928. The van der Waals surface area contributed by atoms with E-state index in [9.17, 15) is 14.3 Å². The number of nitrogens with zero attached hydrogens (tertiary/aromatic N) is 1. The van der Waals surface area contributed by atoms with Gasteiger partial charge >= 0.3 is 0 Å². The molecule has 1 saturated heterocycles. The van der Waals surface area contributed by atoms with Crippen LogP contribution in [0.25, 0.3) is 0 Å². The van der Waals surface area contributed by atoms with Gasteiger partial charge in [-0.2, -0.15) is 0 Å². The van der Waals surface area contributed by atoms with Gasteiger partial charge in [-0.15, -0.1) is 0 Å². The van der Waals surface area contributed by atoms with Crippen LogP contribution in [0.4, 0.5) is 4.39 Å². The van der Waals surface area contributed by atoms with E-state index in [2.05, 4.69) is 10.2 Å². The molecule has 0 aromatic heterocycles. The van der Waals surface area contributed by atoms with Crippen molar-refractivity contribution in [2.75, 3.05) is 19.6 Å². The van der Waals surface area contributed by atoms with Gasteiger partial charge in [0.25, 0.3) is 5.91 Å². The summed E-state index contributed by atoms with van der Waals surface area (Å²) in [7, 11) is 0. The van der Waals surface area contributed by atoms with Crippen molar-refractivity contribution < 1.29 is 14.3 Å². The van der Waals surface area contributed by atoms with Crippen molar-refractivity contribution in [2.45, 2.75) is 25.8 Å². The fraction of sp³-hybridized carbons (Fsp3) is 0.500. The summed E-state index contributed by atoms with van der Waals surface area (Å²) in [5.41, 5.74) is -0.0201. The number of carbonyl (C=O) groups is 1. The molecule has 1 aromatic rings. The Kier molecular flexibility index (Phi) is 4.37. The largest absolute Gasteiger partial charge is 0.507 e. The van der Waals surface area contributed by atoms with Gasteiger partial charge in [-0.05, 0) is 51.1 Å². The van der Waals surface area contributed by atoms with Crippen LogP contribution in [0.1, 0.15) is 30.1 Å². The average Bonchev–Trinajstić information content (AvgIpc) is 2.84. The van der Waals surface area contributed by atoms with E-state index in [0.29, 0.717) is 0 Å². The molecule has 0 saturated carbocycles. The molecule has 1 unspecified atom stereocenters. The first-order valence-electron chi connectivity index (χ1n) is 6.58. The Morgan fingerprint density at radius 3 is 2.84 bits per heavy atom. The quantitative estimate of drug-likeness (QED) is 0.873. The Hall–Kier alpha value is -1.62. The number of phenols is 1. The lowest BCUT2D eigenvalue weighted by Crippen LogP contribution is -2.41. The Morgan fingerprint density at radius 2 is 2.16 bits per heavy atom. The van der Waals surface area contributed by atoms with E-state index in [1.807, 2.05) is 6.92 Å². The molecule has 0 spiro atoms. The monoisotopic (exact) mass is 266 g/mol. The van der Waals surface area contributed by atoms with Crippen molar-refractivity contribution >= 4 is 5.91 Å². The van der Waals surface area contributed by atoms with Crippen LogP contribution in [-0.4, -0.2) is 41.6 Å². The molecule has 1 atom stereocenters. The third kappa shape index (κ3) is 3.67. The van der Waals surface area contributed by atoms with Gasteiger partial charge in [0.05, 0.1) is 5.56 Å². The van der Waals surface area contributed by atoms with Crippen molar-refractivity contribution in [3.8, 4) is 5.75 Å². The van der Waals surface area contributed by atoms with E-state index in [1.165, 1.54) is 18.9 Å². The first kappa shape index (κ1) is 13.8. The molecule has 4 nitrogen and oxygen atoms in total. The molecule has 0 bridgehead atoms. The molecular weight excluding hydrogens is 247 g/mol. The molecule has 1 amide bonds. The Balaban J connectivity index is 1.94. The summed E-state index contributed by atoms with van der Waals surface area (Å²) < 4.78 is 13.1. The third-order valence-corrected chi connectivity index (χ3v) is 3.31. The van der Waals surface area contributed by atoms with Crippen molar-refractivity contribution in [1.82, 2.24) is 10.2 Å². The first-order chi connectivity index (χ1) is 9.06. The second-order valence-electron chi connectivity index (χ2n) is 5.04. The van der Waals surface area contributed by atoms with Gasteiger partial charge < -0.3 is 15.3 Å². The summed E-state index contributed by atoms with van der Waals surface area (Å²) >= 11 is 0. The van der Waals surface area contributed by atoms with Gasteiger partial charge in [-0.25, -0.2) is 4.39 Å². The number of phenolic OH excluding ortho intramolecular Hbond substituents is 1. The number of rotatable bonds is 4. The van der Waals surface area contributed by atoms with Gasteiger partial charge in [0.2, 0.25) is 0 Å². The minimum Gasteiger partial charge on any atom is -0.507 e. The number of hydrogen-bond donors (Lipinski definition) is 2. The van der Waals surface area contributed by atoms with Crippen molar-refractivity contribution in [1.29, 1.82) is 0 Å². The minimum absolute atomic E-state index is 0.0201. The molecule has 1 heterocycles. The Labute approximate surface area is 112 Å². The van der Waals surface area contributed by atoms with Crippen molar-refractivity contribution in [3.05, 3.63) is 29.6 Å². The third-order valence-electron chi connectivity index (χ3n) is 3.31. The van der Waals surface area contributed by atoms with Crippen molar-refractivity contribution in [2.24, 2.45) is 0 Å². The second kappa shape index (κ2) is 6.02. The highest BCUT2D eigenvalue weighted by molar-refractivity contribution is 5.96. The number of halogens is 1. The second-order valence-corrected chi connectivity index (χ2v) is 5.04. The van der Waals surface area contributed by atoms with E-state index in [0.717, 1.165) is 31.8 Å². The van der Waals surface area contributed by atoms with E-state index in [1.54, 1.807) is 0 Å². The number of aromatic hydroxyl groups is 1. The number of amides is 1. The lowest BCUT2D eigenvalue weighted by Gasteiger charge is -2.21.